The molecule has 0 aliphatic carbocycles. The van der Waals surface area contributed by atoms with Crippen molar-refractivity contribution in [3.63, 3.8) is 0 Å². The number of likely N-dealkylation sites (N-methyl/N-ethyl adjacent to an activating group) is 1. The second kappa shape index (κ2) is 6.12. The number of hydrogen-bond acceptors (Lipinski definition) is 5. The van der Waals surface area contributed by atoms with E-state index in [0.717, 1.165) is 0 Å². The fraction of sp³-hybridized carbons (Fsp3) is 0.500. The van der Waals surface area contributed by atoms with Gasteiger partial charge in [0.05, 0.1) is 0 Å². The lowest BCUT2D eigenvalue weighted by Gasteiger charge is -2.30. The van der Waals surface area contributed by atoms with Crippen molar-refractivity contribution in [3.8, 4) is 0 Å². The second-order valence-corrected chi connectivity index (χ2v) is 4.41. The van der Waals surface area contributed by atoms with Crippen molar-refractivity contribution < 1.29 is 14.4 Å². The molecule has 1 aliphatic heterocycles. The fourth-order valence-corrected chi connectivity index (χ4v) is 1.85. The van der Waals surface area contributed by atoms with Gasteiger partial charge in [0.1, 0.15) is 6.04 Å². The van der Waals surface area contributed by atoms with E-state index in [2.05, 4.69) is 17.1 Å². The maximum absolute atomic E-state index is 12.1. The Bertz CT molecular complexity index is 444. The number of piperidine rings is 1. The van der Waals surface area contributed by atoms with Gasteiger partial charge in [0.25, 0.3) is 5.91 Å². The van der Waals surface area contributed by atoms with Crippen LogP contribution in [0.25, 0.3) is 0 Å². The number of carbonyl (C=O) groups excluding carboxylic acids is 3. The van der Waals surface area contributed by atoms with Gasteiger partial charge in [-0.15, -0.1) is 0 Å². The first-order chi connectivity index (χ1) is 8.86. The zero-order chi connectivity index (χ0) is 14.6. The summed E-state index contributed by atoms with van der Waals surface area (Å²) < 4.78 is 0. The number of nitrogens with one attached hydrogen (secondary N) is 1. The molecule has 7 nitrogen and oxygen atoms in total. The topological polar surface area (TPSA) is 82.1 Å². The van der Waals surface area contributed by atoms with Crippen LogP contribution >= 0.6 is 0 Å². The lowest BCUT2D eigenvalue weighted by Crippen LogP contribution is -2.53. The normalized spacial score (nSPS) is 19.7. The molecule has 0 saturated carbocycles. The number of amides is 3. The SMILES string of the molecule is C=NN(C)/C=C(\C)C(=O)N(C)C1CCC(=O)NC1=O. The number of nitrogens with zero attached hydrogens (tertiary/aromatic N) is 3. The molecule has 0 aromatic heterocycles. The van der Waals surface area contributed by atoms with Crippen LogP contribution in [0.1, 0.15) is 19.8 Å². The van der Waals surface area contributed by atoms with Gasteiger partial charge >= 0.3 is 0 Å². The van der Waals surface area contributed by atoms with Gasteiger partial charge in [0.2, 0.25) is 11.8 Å². The number of imide groups is 1. The zero-order valence-corrected chi connectivity index (χ0v) is 11.3. The number of carbonyl (C=O) groups is 3. The van der Waals surface area contributed by atoms with E-state index in [4.69, 9.17) is 0 Å². The molecule has 19 heavy (non-hydrogen) atoms. The number of rotatable bonds is 4. The molecule has 104 valence electrons. The van der Waals surface area contributed by atoms with Crippen LogP contribution in [0.4, 0.5) is 0 Å². The molecule has 1 atom stereocenters. The van der Waals surface area contributed by atoms with Gasteiger partial charge in [0.15, 0.2) is 0 Å². The summed E-state index contributed by atoms with van der Waals surface area (Å²) in [4.78, 5) is 36.2. The maximum atomic E-state index is 12.1. The standard InChI is InChI=1S/C12H18N4O3/c1-8(7-15(3)13-2)12(19)16(4)9-5-6-10(17)14-11(9)18/h7,9H,2,5-6H2,1,3-4H3,(H,14,17,18)/b8-7+. The van der Waals surface area contributed by atoms with Crippen LogP contribution in [0.2, 0.25) is 0 Å². The molecule has 1 N–H and O–H groups in total. The Labute approximate surface area is 111 Å². The van der Waals surface area contributed by atoms with E-state index < -0.39 is 11.9 Å². The lowest BCUT2D eigenvalue weighted by atomic mass is 10.0. The summed E-state index contributed by atoms with van der Waals surface area (Å²) in [5, 5.41) is 7.25. The van der Waals surface area contributed by atoms with E-state index in [-0.39, 0.29) is 18.2 Å². The molecule has 1 unspecified atom stereocenters. The van der Waals surface area contributed by atoms with Crippen LogP contribution in [0.15, 0.2) is 16.9 Å². The van der Waals surface area contributed by atoms with Crippen molar-refractivity contribution >= 4 is 24.4 Å². The van der Waals surface area contributed by atoms with Crippen molar-refractivity contribution in [2.75, 3.05) is 14.1 Å². The minimum absolute atomic E-state index is 0.241. The van der Waals surface area contributed by atoms with Crippen molar-refractivity contribution in [3.05, 3.63) is 11.8 Å². The molecular formula is C12H18N4O3. The fourth-order valence-electron chi connectivity index (χ4n) is 1.85. The van der Waals surface area contributed by atoms with Gasteiger partial charge in [-0.3, -0.25) is 24.7 Å². The smallest absolute Gasteiger partial charge is 0.251 e. The van der Waals surface area contributed by atoms with Crippen LogP contribution in [0, 0.1) is 0 Å². The molecule has 0 aromatic carbocycles. The van der Waals surface area contributed by atoms with Gasteiger partial charge in [0, 0.05) is 39.0 Å². The quantitative estimate of drug-likeness (QED) is 0.328. The van der Waals surface area contributed by atoms with Gasteiger partial charge in [-0.1, -0.05) is 0 Å². The maximum Gasteiger partial charge on any atom is 0.251 e. The summed E-state index contributed by atoms with van der Waals surface area (Å²) >= 11 is 0. The molecule has 0 radical (unpaired) electrons. The highest BCUT2D eigenvalue weighted by Crippen LogP contribution is 2.13. The molecule has 1 fully saturated rings. The Balaban J connectivity index is 2.77. The number of hydrazone groups is 1. The molecular weight excluding hydrogens is 248 g/mol. The Hall–Kier alpha value is -2.18. The van der Waals surface area contributed by atoms with E-state index in [9.17, 15) is 14.4 Å². The van der Waals surface area contributed by atoms with Crippen LogP contribution in [0.3, 0.4) is 0 Å². The highest BCUT2D eigenvalue weighted by Gasteiger charge is 2.32. The molecule has 0 spiro atoms. The predicted octanol–water partition coefficient (Wildman–Crippen LogP) is -0.299. The molecule has 1 heterocycles. The zero-order valence-electron chi connectivity index (χ0n) is 11.3. The van der Waals surface area contributed by atoms with E-state index in [1.807, 2.05) is 0 Å². The van der Waals surface area contributed by atoms with Gasteiger partial charge in [-0.05, 0) is 13.3 Å². The Kier molecular flexibility index (Phi) is 4.80. The summed E-state index contributed by atoms with van der Waals surface area (Å²) in [5.74, 6) is -1.02. The summed E-state index contributed by atoms with van der Waals surface area (Å²) in [7, 11) is 3.19. The third-order valence-electron chi connectivity index (χ3n) is 2.94. The Morgan fingerprint density at radius 1 is 1.47 bits per heavy atom. The third kappa shape index (κ3) is 3.64. The molecule has 1 rings (SSSR count). The summed E-state index contributed by atoms with van der Waals surface area (Å²) in [6.45, 7) is 4.96. The largest absolute Gasteiger partial charge is 0.330 e. The van der Waals surface area contributed by atoms with Crippen LogP contribution in [-0.2, 0) is 14.4 Å². The van der Waals surface area contributed by atoms with Gasteiger partial charge < -0.3 is 4.90 Å². The molecule has 1 aliphatic rings. The van der Waals surface area contributed by atoms with Crippen LogP contribution in [0.5, 0.6) is 0 Å². The lowest BCUT2D eigenvalue weighted by molar-refractivity contribution is -0.142. The average Bonchev–Trinajstić information content (AvgIpc) is 2.36. The third-order valence-corrected chi connectivity index (χ3v) is 2.94. The highest BCUT2D eigenvalue weighted by molar-refractivity contribution is 6.03. The monoisotopic (exact) mass is 266 g/mol. The van der Waals surface area contributed by atoms with Crippen molar-refractivity contribution in [1.29, 1.82) is 0 Å². The Morgan fingerprint density at radius 3 is 2.63 bits per heavy atom. The summed E-state index contributed by atoms with van der Waals surface area (Å²) in [6, 6.07) is -0.615. The van der Waals surface area contributed by atoms with Crippen molar-refractivity contribution in [1.82, 2.24) is 15.2 Å². The molecule has 7 heteroatoms. The molecule has 1 saturated heterocycles. The first-order valence-electron chi connectivity index (χ1n) is 5.85. The summed E-state index contributed by atoms with van der Waals surface area (Å²) in [6.07, 6.45) is 2.11. The molecule has 0 bridgehead atoms. The van der Waals surface area contributed by atoms with Crippen LogP contribution < -0.4 is 5.32 Å². The summed E-state index contributed by atoms with van der Waals surface area (Å²) in [5.41, 5.74) is 0.433. The first-order valence-corrected chi connectivity index (χ1v) is 5.85. The number of hydrogen-bond donors (Lipinski definition) is 1. The van der Waals surface area contributed by atoms with Crippen molar-refractivity contribution in [2.45, 2.75) is 25.8 Å². The first kappa shape index (κ1) is 14.9. The minimum Gasteiger partial charge on any atom is -0.330 e. The van der Waals surface area contributed by atoms with E-state index in [1.54, 1.807) is 21.0 Å². The average molecular weight is 266 g/mol. The minimum atomic E-state index is -0.615. The van der Waals surface area contributed by atoms with Crippen LogP contribution in [-0.4, -0.2) is 54.5 Å². The van der Waals surface area contributed by atoms with E-state index in [1.165, 1.54) is 16.1 Å². The van der Waals surface area contributed by atoms with E-state index in [0.29, 0.717) is 12.0 Å². The van der Waals surface area contributed by atoms with E-state index >= 15 is 0 Å². The Morgan fingerprint density at radius 2 is 2.11 bits per heavy atom. The predicted molar refractivity (Wildman–Crippen MR) is 70.0 cm³/mol. The molecule has 0 aromatic rings. The second-order valence-electron chi connectivity index (χ2n) is 4.41. The highest BCUT2D eigenvalue weighted by atomic mass is 16.2. The molecule has 3 amide bonds. The van der Waals surface area contributed by atoms with Gasteiger partial charge in [-0.25, -0.2) is 0 Å². The van der Waals surface area contributed by atoms with Crippen molar-refractivity contribution in [2.24, 2.45) is 5.10 Å². The van der Waals surface area contributed by atoms with Gasteiger partial charge in [-0.2, -0.15) is 5.10 Å².